The summed E-state index contributed by atoms with van der Waals surface area (Å²) < 4.78 is 27.8. The molecule has 1 aliphatic rings. The second kappa shape index (κ2) is 9.46. The van der Waals surface area contributed by atoms with Crippen LogP contribution in [0, 0.1) is 13.8 Å². The maximum absolute atomic E-state index is 12.9. The lowest BCUT2D eigenvalue weighted by Gasteiger charge is -2.16. The molecule has 0 saturated heterocycles. The minimum absolute atomic E-state index is 0.0425. The maximum Gasteiger partial charge on any atom is 0.283 e. The van der Waals surface area contributed by atoms with Gasteiger partial charge in [0.1, 0.15) is 10.7 Å². The molecule has 0 atom stereocenters. The normalized spacial score (nSPS) is 14.0. The molecule has 0 spiro atoms. The Labute approximate surface area is 215 Å². The number of carbonyl (C=O) groups is 2. The fourth-order valence-corrected chi connectivity index (χ4v) is 4.73. The van der Waals surface area contributed by atoms with Gasteiger partial charge >= 0.3 is 0 Å². The first kappa shape index (κ1) is 24.9. The van der Waals surface area contributed by atoms with E-state index in [2.05, 4.69) is 20.0 Å². The van der Waals surface area contributed by atoms with Crippen molar-refractivity contribution in [1.29, 1.82) is 0 Å². The van der Waals surface area contributed by atoms with Crippen LogP contribution in [0.3, 0.4) is 0 Å². The van der Waals surface area contributed by atoms with Gasteiger partial charge in [-0.3, -0.25) is 9.59 Å². The predicted octanol–water partition coefficient (Wildman–Crippen LogP) is 4.64. The van der Waals surface area contributed by atoms with Crippen molar-refractivity contribution in [3.05, 3.63) is 80.7 Å². The van der Waals surface area contributed by atoms with Gasteiger partial charge in [-0.2, -0.15) is 0 Å². The molecule has 0 unspecified atom stereocenters. The quantitative estimate of drug-likeness (QED) is 0.427. The fraction of sp³-hybridized carbons (Fsp3) is 0.0909. The third kappa shape index (κ3) is 5.10. The molecular weight excluding hydrogens is 537 g/mol. The summed E-state index contributed by atoms with van der Waals surface area (Å²) in [7, 11) is -3.97. The van der Waals surface area contributed by atoms with Gasteiger partial charge in [0.2, 0.25) is 5.95 Å². The van der Waals surface area contributed by atoms with Gasteiger partial charge in [0.05, 0.1) is 20.6 Å². The largest absolute Gasteiger partial charge is 0.350 e. The summed E-state index contributed by atoms with van der Waals surface area (Å²) in [5.74, 6) is -1.49. The zero-order valence-corrected chi connectivity index (χ0v) is 21.2. The van der Waals surface area contributed by atoms with Crippen LogP contribution in [0.25, 0.3) is 0 Å². The molecule has 1 aromatic heterocycles. The fourth-order valence-electron chi connectivity index (χ4n) is 3.28. The van der Waals surface area contributed by atoms with Crippen LogP contribution in [-0.2, 0) is 19.6 Å². The third-order valence-electron chi connectivity index (χ3n) is 4.83. The first-order valence-corrected chi connectivity index (χ1v) is 12.5. The Bertz CT molecular complexity index is 1490. The van der Waals surface area contributed by atoms with E-state index in [1.165, 1.54) is 42.5 Å². The molecule has 35 heavy (non-hydrogen) atoms. The Kier molecular flexibility index (Phi) is 6.74. The molecule has 0 radical (unpaired) electrons. The van der Waals surface area contributed by atoms with Crippen molar-refractivity contribution in [2.45, 2.75) is 18.7 Å². The number of anilines is 3. The van der Waals surface area contributed by atoms with Crippen molar-refractivity contribution < 1.29 is 18.0 Å². The molecule has 3 aromatic rings. The number of halogens is 3. The molecule has 0 aliphatic carbocycles. The van der Waals surface area contributed by atoms with Crippen molar-refractivity contribution in [2.24, 2.45) is 0 Å². The minimum Gasteiger partial charge on any atom is -0.350 e. The highest BCUT2D eigenvalue weighted by Crippen LogP contribution is 2.33. The number of imide groups is 1. The zero-order chi connectivity index (χ0) is 25.5. The van der Waals surface area contributed by atoms with Gasteiger partial charge in [-0.15, -0.1) is 0 Å². The number of nitrogens with zero attached hydrogens (tertiary/aromatic N) is 3. The van der Waals surface area contributed by atoms with E-state index in [4.69, 9.17) is 34.8 Å². The van der Waals surface area contributed by atoms with Crippen molar-refractivity contribution in [1.82, 2.24) is 9.97 Å². The van der Waals surface area contributed by atoms with Gasteiger partial charge in [0.25, 0.3) is 21.8 Å². The summed E-state index contributed by atoms with van der Waals surface area (Å²) in [4.78, 5) is 34.5. The van der Waals surface area contributed by atoms with Crippen LogP contribution in [0.2, 0.25) is 10.0 Å². The molecule has 1 aliphatic heterocycles. The number of carbonyl (C=O) groups excluding carboxylic acids is 2. The number of sulfonamides is 1. The van der Waals surface area contributed by atoms with E-state index in [0.717, 1.165) is 4.90 Å². The van der Waals surface area contributed by atoms with Gasteiger partial charge in [-0.1, -0.05) is 34.8 Å². The number of aromatic nitrogens is 2. The summed E-state index contributed by atoms with van der Waals surface area (Å²) in [5.41, 5.74) is 1.60. The number of aryl methyl sites for hydroxylation is 2. The summed E-state index contributed by atoms with van der Waals surface area (Å²) in [5, 5.41) is 2.88. The zero-order valence-electron chi connectivity index (χ0n) is 18.1. The minimum atomic E-state index is -3.97. The van der Waals surface area contributed by atoms with Crippen LogP contribution in [0.5, 0.6) is 0 Å². The van der Waals surface area contributed by atoms with Crippen LogP contribution in [0.1, 0.15) is 11.4 Å². The van der Waals surface area contributed by atoms with Crippen molar-refractivity contribution in [2.75, 3.05) is 14.9 Å². The SMILES string of the molecule is Cc1cc(C)nc(NS(=O)(=O)c2ccc(NC3=C(Cl)C(=O)N(c4ccc(Cl)c(Cl)c4)C3=O)cc2)n1. The molecular formula is C22H16Cl3N5O4S. The van der Waals surface area contributed by atoms with Crippen LogP contribution in [0.4, 0.5) is 17.3 Å². The topological polar surface area (TPSA) is 121 Å². The Hall–Kier alpha value is -3.18. The molecule has 180 valence electrons. The Morgan fingerprint density at radius 2 is 1.46 bits per heavy atom. The number of benzene rings is 2. The van der Waals surface area contributed by atoms with Crippen LogP contribution in [-0.4, -0.2) is 30.2 Å². The van der Waals surface area contributed by atoms with E-state index in [1.807, 2.05) is 0 Å². The van der Waals surface area contributed by atoms with E-state index in [1.54, 1.807) is 19.9 Å². The monoisotopic (exact) mass is 551 g/mol. The number of rotatable bonds is 6. The van der Waals surface area contributed by atoms with Crippen molar-refractivity contribution >= 4 is 74.0 Å². The Morgan fingerprint density at radius 3 is 2.06 bits per heavy atom. The van der Waals surface area contributed by atoms with Crippen molar-refractivity contribution in [3.8, 4) is 0 Å². The van der Waals surface area contributed by atoms with Gasteiger partial charge in [-0.05, 0) is 62.4 Å². The average molecular weight is 553 g/mol. The van der Waals surface area contributed by atoms with E-state index >= 15 is 0 Å². The van der Waals surface area contributed by atoms with Crippen LogP contribution in [0.15, 0.2) is 64.2 Å². The smallest absolute Gasteiger partial charge is 0.283 e. The molecule has 2 amide bonds. The molecule has 2 N–H and O–H groups in total. The standard InChI is InChI=1S/C22H16Cl3N5O4S/c1-11-9-12(2)27-22(26-11)29-35(33,34)15-6-3-13(4-7-15)28-19-18(25)20(31)30(21(19)32)14-5-8-16(23)17(24)10-14/h3-10,28H,1-2H3,(H,26,27,29). The molecule has 2 heterocycles. The number of nitrogens with one attached hydrogen (secondary N) is 2. The van der Waals surface area contributed by atoms with E-state index in [9.17, 15) is 18.0 Å². The Morgan fingerprint density at radius 1 is 0.829 bits per heavy atom. The highest BCUT2D eigenvalue weighted by molar-refractivity contribution is 7.92. The van der Waals surface area contributed by atoms with Gasteiger partial charge < -0.3 is 5.32 Å². The molecule has 4 rings (SSSR count). The van der Waals surface area contributed by atoms with Crippen LogP contribution >= 0.6 is 34.8 Å². The first-order chi connectivity index (χ1) is 16.5. The van der Waals surface area contributed by atoms with Gasteiger partial charge in [0.15, 0.2) is 0 Å². The number of hydrogen-bond acceptors (Lipinski definition) is 7. The molecule has 0 bridgehead atoms. The van der Waals surface area contributed by atoms with E-state index in [0.29, 0.717) is 17.1 Å². The third-order valence-corrected chi connectivity index (χ3v) is 7.26. The predicted molar refractivity (Wildman–Crippen MR) is 134 cm³/mol. The van der Waals surface area contributed by atoms with Crippen molar-refractivity contribution in [3.63, 3.8) is 0 Å². The maximum atomic E-state index is 12.9. The highest BCUT2D eigenvalue weighted by Gasteiger charge is 2.39. The molecule has 0 fully saturated rings. The van der Waals surface area contributed by atoms with Gasteiger partial charge in [-0.25, -0.2) is 28.0 Å². The van der Waals surface area contributed by atoms with Crippen LogP contribution < -0.4 is 14.9 Å². The number of amides is 2. The lowest BCUT2D eigenvalue weighted by molar-refractivity contribution is -0.120. The Balaban J connectivity index is 1.53. The summed E-state index contributed by atoms with van der Waals surface area (Å²) in [6.45, 7) is 3.45. The second-order valence-corrected chi connectivity index (χ2v) is 10.3. The summed E-state index contributed by atoms with van der Waals surface area (Å²) in [6.07, 6.45) is 0. The molecule has 9 nitrogen and oxygen atoms in total. The summed E-state index contributed by atoms with van der Waals surface area (Å²) >= 11 is 18.0. The van der Waals surface area contributed by atoms with E-state index < -0.39 is 21.8 Å². The highest BCUT2D eigenvalue weighted by atomic mass is 35.5. The second-order valence-electron chi connectivity index (χ2n) is 7.46. The lowest BCUT2D eigenvalue weighted by atomic mass is 10.3. The lowest BCUT2D eigenvalue weighted by Crippen LogP contribution is -2.32. The average Bonchev–Trinajstić information content (AvgIpc) is 2.98. The summed E-state index contributed by atoms with van der Waals surface area (Å²) in [6, 6.07) is 11.5. The molecule has 0 saturated carbocycles. The molecule has 2 aromatic carbocycles. The number of hydrogen-bond donors (Lipinski definition) is 2. The van der Waals surface area contributed by atoms with Gasteiger partial charge in [0, 0.05) is 17.1 Å². The molecule has 13 heteroatoms. The first-order valence-electron chi connectivity index (χ1n) is 9.92. The van der Waals surface area contributed by atoms with E-state index in [-0.39, 0.29) is 37.3 Å².